The highest BCUT2D eigenvalue weighted by atomic mass is 35.5. The van der Waals surface area contributed by atoms with Crippen LogP contribution in [-0.4, -0.2) is 84.7 Å². The molecule has 0 unspecified atom stereocenters. The Bertz CT molecular complexity index is 1650. The second-order valence-corrected chi connectivity index (χ2v) is 11.5. The fourth-order valence-electron chi connectivity index (χ4n) is 4.92. The first-order valence-corrected chi connectivity index (χ1v) is 16.2. The van der Waals surface area contributed by atoms with E-state index in [1.807, 2.05) is 48.7 Å². The summed E-state index contributed by atoms with van der Waals surface area (Å²) in [5, 5.41) is 22.8. The van der Waals surface area contributed by atoms with Crippen LogP contribution in [0.2, 0.25) is 5.02 Å². The summed E-state index contributed by atoms with van der Waals surface area (Å²) in [6, 6.07) is 24.7. The monoisotopic (exact) mass is 720 g/mol. The molecule has 0 radical (unpaired) electrons. The van der Waals surface area contributed by atoms with Gasteiger partial charge >= 0.3 is 23.9 Å². The molecule has 1 aromatic heterocycles. The van der Waals surface area contributed by atoms with Crippen LogP contribution in [0, 0.1) is 0 Å². The normalized spacial score (nSPS) is 14.4. The summed E-state index contributed by atoms with van der Waals surface area (Å²) in [6.45, 7) is 2.03. The van der Waals surface area contributed by atoms with Crippen molar-refractivity contribution in [1.29, 1.82) is 0 Å². The van der Waals surface area contributed by atoms with Gasteiger partial charge in [0, 0.05) is 11.2 Å². The van der Waals surface area contributed by atoms with Crippen molar-refractivity contribution in [2.45, 2.75) is 37.3 Å². The third-order valence-corrected chi connectivity index (χ3v) is 7.88. The number of rotatable bonds is 13. The molecular weight excluding hydrogens is 684 g/mol. The van der Waals surface area contributed by atoms with Crippen molar-refractivity contribution >= 4 is 35.5 Å². The SMILES string of the molecule is COc1ccc(C(=O)O[C@H](C(=O)O)[C@H](OC(=O)c2ccc(OC)cc2)C(=O)O)cc1.Clc1ccc([C@H](OC2CCNCC2)c2ccccn2)cc1. The van der Waals surface area contributed by atoms with E-state index in [1.54, 1.807) is 0 Å². The summed E-state index contributed by atoms with van der Waals surface area (Å²) in [4.78, 5) is 52.0. The van der Waals surface area contributed by atoms with Gasteiger partial charge in [-0.05, 0) is 104 Å². The van der Waals surface area contributed by atoms with Gasteiger partial charge < -0.3 is 39.2 Å². The van der Waals surface area contributed by atoms with E-state index < -0.39 is 36.1 Å². The van der Waals surface area contributed by atoms with Crippen LogP contribution in [0.5, 0.6) is 11.5 Å². The van der Waals surface area contributed by atoms with E-state index in [0.717, 1.165) is 42.2 Å². The number of aliphatic carboxylic acids is 2. The average Bonchev–Trinajstić information content (AvgIpc) is 3.16. The number of methoxy groups -OCH3 is 2. The Morgan fingerprint density at radius 3 is 1.63 bits per heavy atom. The van der Waals surface area contributed by atoms with E-state index in [2.05, 4.69) is 10.3 Å². The van der Waals surface area contributed by atoms with Crippen LogP contribution in [0.25, 0.3) is 0 Å². The molecule has 0 saturated carbocycles. The molecule has 2 heterocycles. The van der Waals surface area contributed by atoms with Crippen LogP contribution in [-0.2, 0) is 23.8 Å². The standard InChI is InChI=1S/C20H18O10.C17H19ClN2O/c1-27-13-7-3-11(4-8-13)19(25)29-15(17(21)22)16(18(23)24)30-20(26)12-5-9-14(28-2)10-6-12;18-14-6-4-13(5-7-14)17(16-3-1-2-10-20-16)21-15-8-11-19-12-9-15/h3-10,15-16H,1-2H3,(H,21,22)(H,23,24);1-7,10,15,17,19H,8-9,11-12H2/t15-,16-;17-/m00/s1. The highest BCUT2D eigenvalue weighted by Crippen LogP contribution is 2.29. The number of hydrogen-bond acceptors (Lipinski definition) is 11. The number of ether oxygens (including phenoxy) is 5. The first-order valence-electron chi connectivity index (χ1n) is 15.8. The fraction of sp³-hybridized carbons (Fsp3) is 0.270. The molecule has 0 bridgehead atoms. The van der Waals surface area contributed by atoms with Crippen LogP contribution < -0.4 is 14.8 Å². The summed E-state index contributed by atoms with van der Waals surface area (Å²) in [5.41, 5.74) is 1.94. The fourth-order valence-corrected chi connectivity index (χ4v) is 5.04. The van der Waals surface area contributed by atoms with E-state index in [-0.39, 0.29) is 23.3 Å². The number of nitrogens with zero attached hydrogens (tertiary/aromatic N) is 1. The molecule has 1 saturated heterocycles. The van der Waals surface area contributed by atoms with Crippen LogP contribution >= 0.6 is 11.6 Å². The van der Waals surface area contributed by atoms with Crippen molar-refractivity contribution in [3.05, 3.63) is 125 Å². The smallest absolute Gasteiger partial charge is 0.349 e. The van der Waals surface area contributed by atoms with Gasteiger partial charge in [0.1, 0.15) is 17.6 Å². The lowest BCUT2D eigenvalue weighted by Gasteiger charge is -2.28. The van der Waals surface area contributed by atoms with Gasteiger partial charge in [0.2, 0.25) is 12.2 Å². The molecule has 0 aliphatic carbocycles. The minimum Gasteiger partial charge on any atom is -0.497 e. The minimum atomic E-state index is -2.28. The Hall–Kier alpha value is -5.50. The van der Waals surface area contributed by atoms with Gasteiger partial charge in [-0.25, -0.2) is 19.2 Å². The highest BCUT2D eigenvalue weighted by molar-refractivity contribution is 6.30. The zero-order chi connectivity index (χ0) is 36.8. The van der Waals surface area contributed by atoms with Crippen molar-refractivity contribution < 1.29 is 53.1 Å². The molecule has 3 atom stereocenters. The lowest BCUT2D eigenvalue weighted by atomic mass is 10.0. The van der Waals surface area contributed by atoms with Crippen molar-refractivity contribution in [2.24, 2.45) is 0 Å². The van der Waals surface area contributed by atoms with Crippen molar-refractivity contribution in [2.75, 3.05) is 27.3 Å². The van der Waals surface area contributed by atoms with Gasteiger partial charge in [-0.3, -0.25) is 4.98 Å². The molecule has 0 amide bonds. The molecule has 5 rings (SSSR count). The van der Waals surface area contributed by atoms with Gasteiger partial charge in [0.05, 0.1) is 37.1 Å². The minimum absolute atomic E-state index is 0.0485. The van der Waals surface area contributed by atoms with Crippen LogP contribution in [0.3, 0.4) is 0 Å². The Morgan fingerprint density at radius 2 is 1.22 bits per heavy atom. The van der Waals surface area contributed by atoms with Gasteiger partial charge in [-0.2, -0.15) is 0 Å². The number of pyridine rings is 1. The third kappa shape index (κ3) is 11.3. The quantitative estimate of drug-likeness (QED) is 0.153. The Morgan fingerprint density at radius 1 is 0.725 bits per heavy atom. The number of hydrogen-bond donors (Lipinski definition) is 3. The molecule has 1 fully saturated rings. The van der Waals surface area contributed by atoms with E-state index in [9.17, 15) is 29.4 Å². The van der Waals surface area contributed by atoms with E-state index in [0.29, 0.717) is 11.5 Å². The number of aromatic nitrogens is 1. The van der Waals surface area contributed by atoms with Crippen LogP contribution in [0.1, 0.15) is 50.9 Å². The van der Waals surface area contributed by atoms with Gasteiger partial charge in [-0.1, -0.05) is 29.8 Å². The predicted octanol–water partition coefficient (Wildman–Crippen LogP) is 5.22. The second kappa shape index (κ2) is 19.0. The molecule has 14 heteroatoms. The number of benzene rings is 3. The summed E-state index contributed by atoms with van der Waals surface area (Å²) in [5.74, 6) is -4.94. The van der Waals surface area contributed by atoms with E-state index in [1.165, 1.54) is 62.8 Å². The van der Waals surface area contributed by atoms with Crippen molar-refractivity contribution in [1.82, 2.24) is 10.3 Å². The van der Waals surface area contributed by atoms with Crippen molar-refractivity contribution in [3.8, 4) is 11.5 Å². The summed E-state index contributed by atoms with van der Waals surface area (Å²) < 4.78 is 25.9. The Labute approximate surface area is 299 Å². The van der Waals surface area contributed by atoms with Gasteiger partial charge in [0.25, 0.3) is 0 Å². The molecule has 4 aromatic rings. The zero-order valence-electron chi connectivity index (χ0n) is 27.8. The summed E-state index contributed by atoms with van der Waals surface area (Å²) in [6.07, 6.45) is -0.531. The third-order valence-electron chi connectivity index (χ3n) is 7.63. The summed E-state index contributed by atoms with van der Waals surface area (Å²) in [7, 11) is 2.84. The predicted molar refractivity (Wildman–Crippen MR) is 184 cm³/mol. The van der Waals surface area contributed by atoms with Crippen molar-refractivity contribution in [3.63, 3.8) is 0 Å². The average molecular weight is 721 g/mol. The molecule has 3 N–H and O–H groups in total. The number of halogens is 1. The molecule has 0 spiro atoms. The molecule has 51 heavy (non-hydrogen) atoms. The number of carboxylic acids is 2. The molecule has 13 nitrogen and oxygen atoms in total. The zero-order valence-corrected chi connectivity index (χ0v) is 28.5. The maximum absolute atomic E-state index is 12.2. The first-order chi connectivity index (χ1) is 24.6. The number of piperidine rings is 1. The summed E-state index contributed by atoms with van der Waals surface area (Å²) >= 11 is 5.99. The molecule has 1 aliphatic rings. The maximum Gasteiger partial charge on any atom is 0.349 e. The lowest BCUT2D eigenvalue weighted by molar-refractivity contribution is -0.166. The first kappa shape index (κ1) is 38.3. The van der Waals surface area contributed by atoms with Crippen LogP contribution in [0.15, 0.2) is 97.2 Å². The Balaban J connectivity index is 0.000000242. The van der Waals surface area contributed by atoms with Crippen LogP contribution in [0.4, 0.5) is 0 Å². The number of esters is 2. The molecule has 1 aliphatic heterocycles. The number of carboxylic acid groups (broad SMARTS) is 2. The van der Waals surface area contributed by atoms with E-state index in [4.69, 9.17) is 35.3 Å². The van der Waals surface area contributed by atoms with Gasteiger partial charge in [-0.15, -0.1) is 0 Å². The topological polar surface area (TPSA) is 180 Å². The largest absolute Gasteiger partial charge is 0.497 e. The Kier molecular flexibility index (Phi) is 14.3. The van der Waals surface area contributed by atoms with Gasteiger partial charge in [0.15, 0.2) is 0 Å². The highest BCUT2D eigenvalue weighted by Gasteiger charge is 2.41. The second-order valence-electron chi connectivity index (χ2n) is 11.1. The number of carbonyl (C=O) groups excluding carboxylic acids is 2. The van der Waals surface area contributed by atoms with E-state index >= 15 is 0 Å². The number of carbonyl (C=O) groups is 4. The maximum atomic E-state index is 12.2. The lowest BCUT2D eigenvalue weighted by Crippen LogP contribution is -2.45. The number of nitrogens with one attached hydrogen (secondary N) is 1. The molecule has 268 valence electrons. The molecular formula is C37H37ClN2O11. The molecule has 3 aromatic carbocycles.